The van der Waals surface area contributed by atoms with E-state index in [-0.39, 0.29) is 22.9 Å². The van der Waals surface area contributed by atoms with E-state index in [1.165, 1.54) is 57.8 Å². The van der Waals surface area contributed by atoms with E-state index < -0.39 is 0 Å². The van der Waals surface area contributed by atoms with Crippen LogP contribution in [0.2, 0.25) is 0 Å². The maximum absolute atomic E-state index is 10.5. The maximum Gasteiger partial charge on any atom is 0.219 e. The van der Waals surface area contributed by atoms with Gasteiger partial charge in [-0.15, -0.1) is 17.0 Å². The summed E-state index contributed by atoms with van der Waals surface area (Å²) in [6, 6.07) is 0. The molecule has 0 aromatic rings. The first-order chi connectivity index (χ1) is 9.77. The van der Waals surface area contributed by atoms with Gasteiger partial charge in [0.15, 0.2) is 0 Å². The van der Waals surface area contributed by atoms with E-state index in [2.05, 4.69) is 19.1 Å². The molecule has 4 heteroatoms. The minimum Gasteiger partial charge on any atom is -0.381 e. The van der Waals surface area contributed by atoms with Gasteiger partial charge in [-0.1, -0.05) is 57.6 Å². The number of halogens is 1. The summed E-state index contributed by atoms with van der Waals surface area (Å²) < 4.78 is 5.33. The Hall–Kier alpha value is -0.350. The van der Waals surface area contributed by atoms with E-state index in [1.807, 2.05) is 0 Å². The molecule has 0 aliphatic heterocycles. The number of primary amides is 1. The van der Waals surface area contributed by atoms with Gasteiger partial charge in [-0.25, -0.2) is 0 Å². The Balaban J connectivity index is 0. The molecule has 126 valence electrons. The normalized spacial score (nSPS) is 10.7. The summed E-state index contributed by atoms with van der Waals surface area (Å²) in [6.45, 7) is 3.46. The lowest BCUT2D eigenvalue weighted by atomic mass is 10.1. The molecule has 21 heavy (non-hydrogen) atoms. The third-order valence-electron chi connectivity index (χ3n) is 3.29. The quantitative estimate of drug-likeness (QED) is 0.331. The van der Waals surface area contributed by atoms with Gasteiger partial charge in [0.25, 0.3) is 0 Å². The first kappa shape index (κ1) is 22.9. The third kappa shape index (κ3) is 22.1. The van der Waals surface area contributed by atoms with Crippen LogP contribution in [0.15, 0.2) is 12.2 Å². The summed E-state index contributed by atoms with van der Waals surface area (Å²) in [4.78, 5) is 10.5. The summed E-state index contributed by atoms with van der Waals surface area (Å²) >= 11 is 0. The van der Waals surface area contributed by atoms with Crippen LogP contribution in [0, 0.1) is 0 Å². The number of allylic oxidation sites excluding steroid dienone is 2. The predicted molar refractivity (Wildman–Crippen MR) is 95.9 cm³/mol. The molecule has 0 bridgehead atoms. The zero-order valence-electron chi connectivity index (χ0n) is 13.6. The van der Waals surface area contributed by atoms with Gasteiger partial charge in [-0.3, -0.25) is 4.79 Å². The highest BCUT2D eigenvalue weighted by atomic mass is 79.9. The maximum atomic E-state index is 10.5. The molecular formula is C17H34BrNO2. The Labute approximate surface area is 141 Å². The molecule has 0 spiro atoms. The summed E-state index contributed by atoms with van der Waals surface area (Å²) in [6.07, 6.45) is 17.7. The van der Waals surface area contributed by atoms with Gasteiger partial charge < -0.3 is 10.5 Å². The third-order valence-corrected chi connectivity index (χ3v) is 3.29. The second-order valence-electron chi connectivity index (χ2n) is 5.35. The summed E-state index contributed by atoms with van der Waals surface area (Å²) in [7, 11) is 0. The second kappa shape index (κ2) is 19.7. The van der Waals surface area contributed by atoms with Crippen LogP contribution in [-0.2, 0) is 9.53 Å². The molecule has 0 atom stereocenters. The van der Waals surface area contributed by atoms with E-state index in [9.17, 15) is 4.79 Å². The topological polar surface area (TPSA) is 52.3 Å². The fraction of sp³-hybridized carbons (Fsp3) is 0.824. The molecule has 0 saturated heterocycles. The lowest BCUT2D eigenvalue weighted by molar-refractivity contribution is -0.119. The molecule has 0 aromatic carbocycles. The van der Waals surface area contributed by atoms with Gasteiger partial charge in [0.05, 0.1) is 6.61 Å². The lowest BCUT2D eigenvalue weighted by Gasteiger charge is -2.03. The smallest absolute Gasteiger partial charge is 0.219 e. The van der Waals surface area contributed by atoms with Crippen LogP contribution < -0.4 is 5.73 Å². The average molecular weight is 364 g/mol. The van der Waals surface area contributed by atoms with Crippen molar-refractivity contribution in [2.75, 3.05) is 13.2 Å². The highest BCUT2D eigenvalue weighted by Crippen LogP contribution is 2.08. The van der Waals surface area contributed by atoms with E-state index in [0.29, 0.717) is 13.0 Å². The summed E-state index contributed by atoms with van der Waals surface area (Å²) in [5, 5.41) is 0. The fourth-order valence-electron chi connectivity index (χ4n) is 2.01. The number of ether oxygens (including phenoxy) is 1. The monoisotopic (exact) mass is 363 g/mol. The number of hydrogen-bond acceptors (Lipinski definition) is 2. The molecule has 0 radical (unpaired) electrons. The summed E-state index contributed by atoms with van der Waals surface area (Å²) in [5.74, 6) is -0.284. The fourth-order valence-corrected chi connectivity index (χ4v) is 2.01. The first-order valence-electron chi connectivity index (χ1n) is 8.28. The number of hydrogen-bond donors (Lipinski definition) is 1. The van der Waals surface area contributed by atoms with Crippen LogP contribution in [0.4, 0.5) is 0 Å². The Bertz CT molecular complexity index is 245. The Kier molecular flexibility index (Phi) is 21.5. The van der Waals surface area contributed by atoms with Crippen molar-refractivity contribution in [3.8, 4) is 0 Å². The van der Waals surface area contributed by atoms with Crippen molar-refractivity contribution in [3.63, 3.8) is 0 Å². The standard InChI is InChI=1S/C17H33NO2.BrH/c1-2-3-4-5-6-7-8-9-10-11-12-13-15-20-16-14-17(18)19;/h5-6H,2-4,7-16H2,1H3,(H2,18,19);1H/b6-5-;. The van der Waals surface area contributed by atoms with E-state index in [0.717, 1.165) is 13.0 Å². The molecule has 0 aliphatic rings. The molecule has 3 nitrogen and oxygen atoms in total. The van der Waals surface area contributed by atoms with Crippen molar-refractivity contribution >= 4 is 22.9 Å². The molecule has 2 N–H and O–H groups in total. The molecular weight excluding hydrogens is 330 g/mol. The Morgan fingerprint density at radius 1 is 0.905 bits per heavy atom. The van der Waals surface area contributed by atoms with Crippen molar-refractivity contribution in [2.45, 2.75) is 77.6 Å². The molecule has 0 heterocycles. The van der Waals surface area contributed by atoms with Gasteiger partial charge in [-0.05, 0) is 25.7 Å². The largest absolute Gasteiger partial charge is 0.381 e. The summed E-state index contributed by atoms with van der Waals surface area (Å²) in [5.41, 5.74) is 5.02. The molecule has 0 rings (SSSR count). The van der Waals surface area contributed by atoms with Gasteiger partial charge in [0.2, 0.25) is 5.91 Å². The predicted octanol–water partition coefficient (Wildman–Crippen LogP) is 4.93. The number of amides is 1. The van der Waals surface area contributed by atoms with Gasteiger partial charge >= 0.3 is 0 Å². The molecule has 1 amide bonds. The van der Waals surface area contributed by atoms with Gasteiger partial charge in [0.1, 0.15) is 0 Å². The minimum atomic E-state index is -0.284. The van der Waals surface area contributed by atoms with Gasteiger partial charge in [-0.2, -0.15) is 0 Å². The SMILES string of the molecule is Br.CCCC/C=C\CCCCCCCCOCCC(N)=O. The average Bonchev–Trinajstić information content (AvgIpc) is 2.43. The Morgan fingerprint density at radius 3 is 2.10 bits per heavy atom. The van der Waals surface area contributed by atoms with E-state index >= 15 is 0 Å². The van der Waals surface area contributed by atoms with Crippen LogP contribution in [-0.4, -0.2) is 19.1 Å². The number of carbonyl (C=O) groups is 1. The molecule has 0 fully saturated rings. The molecule has 0 aromatic heterocycles. The van der Waals surface area contributed by atoms with Crippen LogP contribution in [0.25, 0.3) is 0 Å². The van der Waals surface area contributed by atoms with Crippen LogP contribution in [0.5, 0.6) is 0 Å². The molecule has 0 saturated carbocycles. The highest BCUT2D eigenvalue weighted by molar-refractivity contribution is 8.93. The van der Waals surface area contributed by atoms with Crippen LogP contribution in [0.1, 0.15) is 77.6 Å². The van der Waals surface area contributed by atoms with Crippen molar-refractivity contribution in [1.82, 2.24) is 0 Å². The van der Waals surface area contributed by atoms with Crippen molar-refractivity contribution < 1.29 is 9.53 Å². The first-order valence-corrected chi connectivity index (χ1v) is 8.28. The minimum absolute atomic E-state index is 0. The van der Waals surface area contributed by atoms with Gasteiger partial charge in [0, 0.05) is 13.0 Å². The molecule has 0 aliphatic carbocycles. The number of unbranched alkanes of at least 4 members (excludes halogenated alkanes) is 8. The van der Waals surface area contributed by atoms with E-state index in [1.54, 1.807) is 0 Å². The number of nitrogens with two attached hydrogens (primary N) is 1. The highest BCUT2D eigenvalue weighted by Gasteiger charge is 1.95. The number of carbonyl (C=O) groups excluding carboxylic acids is 1. The van der Waals surface area contributed by atoms with Crippen molar-refractivity contribution in [1.29, 1.82) is 0 Å². The second-order valence-corrected chi connectivity index (χ2v) is 5.35. The van der Waals surface area contributed by atoms with Crippen molar-refractivity contribution in [2.24, 2.45) is 5.73 Å². The van der Waals surface area contributed by atoms with Crippen LogP contribution in [0.3, 0.4) is 0 Å². The molecule has 0 unspecified atom stereocenters. The zero-order valence-corrected chi connectivity index (χ0v) is 15.4. The van der Waals surface area contributed by atoms with E-state index in [4.69, 9.17) is 10.5 Å². The zero-order chi connectivity index (χ0) is 14.9. The van der Waals surface area contributed by atoms with Crippen LogP contribution >= 0.6 is 17.0 Å². The van der Waals surface area contributed by atoms with Crippen molar-refractivity contribution in [3.05, 3.63) is 12.2 Å². The number of rotatable bonds is 15. The Morgan fingerprint density at radius 2 is 1.48 bits per heavy atom. The lowest BCUT2D eigenvalue weighted by Crippen LogP contribution is -2.13.